The number of nitrogens with zero attached hydrogens (tertiary/aromatic N) is 1. The van der Waals surface area contributed by atoms with Crippen LogP contribution < -0.4 is 5.73 Å². The van der Waals surface area contributed by atoms with Crippen LogP contribution in [0.5, 0.6) is 0 Å². The van der Waals surface area contributed by atoms with Crippen LogP contribution in [0.15, 0.2) is 0 Å². The molecule has 4 heteroatoms. The Hall–Kier alpha value is -0.160. The molecular formula is C11H26N2O2. The van der Waals surface area contributed by atoms with Crippen molar-refractivity contribution in [2.75, 3.05) is 33.4 Å². The van der Waals surface area contributed by atoms with Gasteiger partial charge in [0.25, 0.3) is 0 Å². The fraction of sp³-hybridized carbons (Fsp3) is 1.00. The van der Waals surface area contributed by atoms with Crippen molar-refractivity contribution in [1.82, 2.24) is 4.90 Å². The van der Waals surface area contributed by atoms with E-state index in [-0.39, 0.29) is 18.7 Å². The van der Waals surface area contributed by atoms with Gasteiger partial charge in [0.2, 0.25) is 0 Å². The molecule has 3 N–H and O–H groups in total. The molecule has 0 aromatic carbocycles. The first kappa shape index (κ1) is 14.8. The Morgan fingerprint density at radius 1 is 1.33 bits per heavy atom. The number of rotatable bonds is 8. The average molecular weight is 218 g/mol. The van der Waals surface area contributed by atoms with E-state index in [9.17, 15) is 5.11 Å². The van der Waals surface area contributed by atoms with E-state index in [1.807, 2.05) is 6.92 Å². The number of aliphatic hydroxyl groups excluding tert-OH is 1. The Kier molecular flexibility index (Phi) is 7.96. The van der Waals surface area contributed by atoms with Crippen molar-refractivity contribution in [2.24, 2.45) is 11.7 Å². The number of hydrogen-bond donors (Lipinski definition) is 2. The summed E-state index contributed by atoms with van der Waals surface area (Å²) in [5, 5.41) is 9.32. The van der Waals surface area contributed by atoms with Crippen molar-refractivity contribution in [1.29, 1.82) is 0 Å². The van der Waals surface area contributed by atoms with Gasteiger partial charge in [-0.2, -0.15) is 0 Å². The van der Waals surface area contributed by atoms with E-state index in [1.54, 1.807) is 7.11 Å². The molecule has 92 valence electrons. The van der Waals surface area contributed by atoms with Gasteiger partial charge in [-0.25, -0.2) is 0 Å². The summed E-state index contributed by atoms with van der Waals surface area (Å²) in [6.45, 7) is 8.80. The molecule has 2 unspecified atom stereocenters. The van der Waals surface area contributed by atoms with Crippen LogP contribution in [-0.4, -0.2) is 55.5 Å². The summed E-state index contributed by atoms with van der Waals surface area (Å²) in [5.74, 6) is 0.564. The van der Waals surface area contributed by atoms with E-state index in [0.29, 0.717) is 12.5 Å². The van der Waals surface area contributed by atoms with E-state index >= 15 is 0 Å². The summed E-state index contributed by atoms with van der Waals surface area (Å²) in [6, 6.07) is 0.00755. The number of ether oxygens (including phenoxy) is 1. The summed E-state index contributed by atoms with van der Waals surface area (Å²) in [5.41, 5.74) is 5.85. The van der Waals surface area contributed by atoms with Crippen LogP contribution in [0.1, 0.15) is 20.8 Å². The van der Waals surface area contributed by atoms with Gasteiger partial charge in [-0.3, -0.25) is 4.90 Å². The molecule has 0 radical (unpaired) electrons. The van der Waals surface area contributed by atoms with E-state index < -0.39 is 0 Å². The van der Waals surface area contributed by atoms with Gasteiger partial charge in [0.15, 0.2) is 0 Å². The Bertz CT molecular complexity index is 152. The quantitative estimate of drug-likeness (QED) is 0.615. The molecule has 0 heterocycles. The number of methoxy groups -OCH3 is 1. The average Bonchev–Trinajstić information content (AvgIpc) is 2.13. The first-order chi connectivity index (χ1) is 7.02. The zero-order chi connectivity index (χ0) is 11.8. The van der Waals surface area contributed by atoms with Gasteiger partial charge in [-0.05, 0) is 12.8 Å². The summed E-state index contributed by atoms with van der Waals surface area (Å²) in [7, 11) is 1.69. The van der Waals surface area contributed by atoms with Crippen molar-refractivity contribution in [3.8, 4) is 0 Å². The molecule has 15 heavy (non-hydrogen) atoms. The monoisotopic (exact) mass is 218 g/mol. The molecule has 0 aliphatic rings. The van der Waals surface area contributed by atoms with Crippen LogP contribution >= 0.6 is 0 Å². The van der Waals surface area contributed by atoms with Gasteiger partial charge in [0, 0.05) is 32.3 Å². The molecular weight excluding hydrogens is 192 g/mol. The van der Waals surface area contributed by atoms with Gasteiger partial charge < -0.3 is 15.6 Å². The molecule has 0 aliphatic carbocycles. The smallest absolute Gasteiger partial charge is 0.0601 e. The molecule has 0 fully saturated rings. The highest BCUT2D eigenvalue weighted by molar-refractivity contribution is 4.79. The summed E-state index contributed by atoms with van der Waals surface area (Å²) in [6.07, 6.45) is 0. The Morgan fingerprint density at radius 3 is 2.27 bits per heavy atom. The molecule has 0 saturated heterocycles. The first-order valence-electron chi connectivity index (χ1n) is 5.62. The van der Waals surface area contributed by atoms with E-state index in [1.165, 1.54) is 0 Å². The zero-order valence-corrected chi connectivity index (χ0v) is 10.4. The number of aliphatic hydroxyl groups is 1. The minimum absolute atomic E-state index is 0.0226. The largest absolute Gasteiger partial charge is 0.395 e. The van der Waals surface area contributed by atoms with Gasteiger partial charge in [-0.1, -0.05) is 13.8 Å². The number of hydrogen-bond acceptors (Lipinski definition) is 4. The van der Waals surface area contributed by atoms with Crippen LogP contribution in [0, 0.1) is 5.92 Å². The van der Waals surface area contributed by atoms with E-state index in [2.05, 4.69) is 18.7 Å². The lowest BCUT2D eigenvalue weighted by Gasteiger charge is -2.34. The lowest BCUT2D eigenvalue weighted by Crippen LogP contribution is -2.51. The molecule has 0 saturated carbocycles. The van der Waals surface area contributed by atoms with Crippen molar-refractivity contribution >= 4 is 0 Å². The third-order valence-corrected chi connectivity index (χ3v) is 2.45. The van der Waals surface area contributed by atoms with E-state index in [0.717, 1.165) is 13.1 Å². The molecule has 0 rings (SSSR count). The molecule has 0 aromatic rings. The maximum atomic E-state index is 9.32. The second-order valence-electron chi connectivity index (χ2n) is 4.49. The predicted molar refractivity (Wildman–Crippen MR) is 62.8 cm³/mol. The van der Waals surface area contributed by atoms with Gasteiger partial charge in [0.05, 0.1) is 13.2 Å². The van der Waals surface area contributed by atoms with E-state index in [4.69, 9.17) is 10.5 Å². The van der Waals surface area contributed by atoms with Crippen molar-refractivity contribution in [2.45, 2.75) is 32.9 Å². The van der Waals surface area contributed by atoms with Crippen molar-refractivity contribution in [3.05, 3.63) is 0 Å². The molecule has 0 aliphatic heterocycles. The molecule has 0 amide bonds. The SMILES string of the molecule is COCCN(CC(C)C)C(CO)C(C)N. The Balaban J connectivity index is 4.29. The third kappa shape index (κ3) is 6.10. The van der Waals surface area contributed by atoms with Crippen LogP contribution in [0.4, 0.5) is 0 Å². The second kappa shape index (κ2) is 8.05. The minimum atomic E-state index is -0.0226. The highest BCUT2D eigenvalue weighted by atomic mass is 16.5. The number of nitrogens with two attached hydrogens (primary N) is 1. The zero-order valence-electron chi connectivity index (χ0n) is 10.4. The van der Waals surface area contributed by atoms with Crippen LogP contribution in [0.25, 0.3) is 0 Å². The summed E-state index contributed by atoms with van der Waals surface area (Å²) < 4.78 is 5.06. The lowest BCUT2D eigenvalue weighted by atomic mass is 10.1. The van der Waals surface area contributed by atoms with Crippen molar-refractivity contribution in [3.63, 3.8) is 0 Å². The normalized spacial score (nSPS) is 16.0. The molecule has 4 nitrogen and oxygen atoms in total. The fourth-order valence-electron chi connectivity index (χ4n) is 1.68. The third-order valence-electron chi connectivity index (χ3n) is 2.45. The van der Waals surface area contributed by atoms with Gasteiger partial charge in [-0.15, -0.1) is 0 Å². The maximum absolute atomic E-state index is 9.32. The van der Waals surface area contributed by atoms with Gasteiger partial charge in [0.1, 0.15) is 0 Å². The molecule has 0 bridgehead atoms. The lowest BCUT2D eigenvalue weighted by molar-refractivity contribution is 0.0683. The predicted octanol–water partition coefficient (Wildman–Crippen LogP) is 0.299. The highest BCUT2D eigenvalue weighted by Crippen LogP contribution is 2.07. The maximum Gasteiger partial charge on any atom is 0.0601 e. The minimum Gasteiger partial charge on any atom is -0.395 e. The van der Waals surface area contributed by atoms with Crippen LogP contribution in [-0.2, 0) is 4.74 Å². The van der Waals surface area contributed by atoms with Crippen LogP contribution in [0.2, 0.25) is 0 Å². The Labute approximate surface area is 93.4 Å². The standard InChI is InChI=1S/C11H26N2O2/c1-9(2)7-13(5-6-15-4)11(8-14)10(3)12/h9-11,14H,5-8,12H2,1-4H3. The topological polar surface area (TPSA) is 58.7 Å². The van der Waals surface area contributed by atoms with Gasteiger partial charge >= 0.3 is 0 Å². The van der Waals surface area contributed by atoms with Crippen molar-refractivity contribution < 1.29 is 9.84 Å². The first-order valence-corrected chi connectivity index (χ1v) is 5.62. The fourth-order valence-corrected chi connectivity index (χ4v) is 1.68. The highest BCUT2D eigenvalue weighted by Gasteiger charge is 2.21. The second-order valence-corrected chi connectivity index (χ2v) is 4.49. The molecule has 2 atom stereocenters. The Morgan fingerprint density at radius 2 is 1.93 bits per heavy atom. The summed E-state index contributed by atoms with van der Waals surface area (Å²) >= 11 is 0. The molecule has 0 spiro atoms. The van der Waals surface area contributed by atoms with Crippen LogP contribution in [0.3, 0.4) is 0 Å². The summed E-state index contributed by atoms with van der Waals surface area (Å²) in [4.78, 5) is 2.21. The molecule has 0 aromatic heterocycles.